The molecule has 0 unspecified atom stereocenters. The van der Waals surface area contributed by atoms with Crippen molar-refractivity contribution in [3.05, 3.63) is 164 Å². The van der Waals surface area contributed by atoms with Crippen molar-refractivity contribution in [2.45, 2.75) is 0 Å². The number of aromatic nitrogens is 3. The molecule has 44 heavy (non-hydrogen) atoms. The van der Waals surface area contributed by atoms with Crippen molar-refractivity contribution in [3.63, 3.8) is 0 Å². The molecule has 2 heterocycles. The van der Waals surface area contributed by atoms with Gasteiger partial charge in [0.1, 0.15) is 0 Å². The summed E-state index contributed by atoms with van der Waals surface area (Å²) in [5.74, 6) is 0.684. The van der Waals surface area contributed by atoms with E-state index in [1.165, 1.54) is 38.2 Å². The third-order valence-electron chi connectivity index (χ3n) is 8.19. The van der Waals surface area contributed by atoms with Crippen molar-refractivity contribution in [1.29, 1.82) is 0 Å². The first kappa shape index (κ1) is 25.8. The largest absolute Gasteiger partial charge is 0.264 e. The van der Waals surface area contributed by atoms with E-state index in [-0.39, 0.29) is 0 Å². The van der Waals surface area contributed by atoms with Gasteiger partial charge in [0.25, 0.3) is 0 Å². The minimum Gasteiger partial charge on any atom is -0.264 e. The number of pyridine rings is 1. The fraction of sp³-hybridized carbons (Fsp3) is 0. The smallest absolute Gasteiger partial charge is 0.160 e. The average molecular weight is 562 g/mol. The Balaban J connectivity index is 1.21. The van der Waals surface area contributed by atoms with Gasteiger partial charge in [-0.2, -0.15) is 0 Å². The van der Waals surface area contributed by atoms with E-state index in [0.29, 0.717) is 5.82 Å². The molecular formula is C41H27N3. The molecule has 0 saturated carbocycles. The Kier molecular flexibility index (Phi) is 6.47. The van der Waals surface area contributed by atoms with Crippen LogP contribution in [0.4, 0.5) is 0 Å². The Bertz CT molecular complexity index is 2240. The number of nitrogens with zero attached hydrogens (tertiary/aromatic N) is 3. The number of hydrogen-bond donors (Lipinski definition) is 0. The Morgan fingerprint density at radius 3 is 1.68 bits per heavy atom. The van der Waals surface area contributed by atoms with Crippen LogP contribution in [0.5, 0.6) is 0 Å². The zero-order valence-electron chi connectivity index (χ0n) is 23.9. The van der Waals surface area contributed by atoms with E-state index in [1.807, 2.05) is 30.5 Å². The summed E-state index contributed by atoms with van der Waals surface area (Å²) in [4.78, 5) is 14.4. The topological polar surface area (TPSA) is 38.7 Å². The first-order chi connectivity index (χ1) is 21.8. The lowest BCUT2D eigenvalue weighted by Gasteiger charge is -2.12. The van der Waals surface area contributed by atoms with Crippen molar-refractivity contribution in [2.24, 2.45) is 0 Å². The van der Waals surface area contributed by atoms with E-state index in [0.717, 1.165) is 33.6 Å². The molecule has 0 fully saturated rings. The third-order valence-corrected chi connectivity index (χ3v) is 8.19. The summed E-state index contributed by atoms with van der Waals surface area (Å²) >= 11 is 0. The second kappa shape index (κ2) is 11.0. The average Bonchev–Trinajstić information content (AvgIpc) is 3.12. The zero-order valence-corrected chi connectivity index (χ0v) is 23.9. The molecule has 2 aromatic heterocycles. The number of hydrogen-bond acceptors (Lipinski definition) is 3. The van der Waals surface area contributed by atoms with E-state index in [2.05, 4.69) is 132 Å². The molecular weight excluding hydrogens is 534 g/mol. The predicted molar refractivity (Wildman–Crippen MR) is 182 cm³/mol. The SMILES string of the molecule is c1ccc(-c2ccc(-c3cc(-c4cccnc4)nc(-c4ccc(-c5cc6ccccc6c6ccccc56)cc4)n3)cc2)cc1. The van der Waals surface area contributed by atoms with E-state index in [9.17, 15) is 0 Å². The molecule has 0 aliphatic carbocycles. The Morgan fingerprint density at radius 2 is 0.932 bits per heavy atom. The number of benzene rings is 6. The normalized spacial score (nSPS) is 11.2. The van der Waals surface area contributed by atoms with E-state index in [4.69, 9.17) is 9.97 Å². The van der Waals surface area contributed by atoms with Crippen LogP contribution in [-0.4, -0.2) is 15.0 Å². The molecule has 0 N–H and O–H groups in total. The van der Waals surface area contributed by atoms with Crippen LogP contribution in [0.1, 0.15) is 0 Å². The summed E-state index contributed by atoms with van der Waals surface area (Å²) in [6, 6.07) is 53.2. The summed E-state index contributed by atoms with van der Waals surface area (Å²) in [6.45, 7) is 0. The monoisotopic (exact) mass is 561 g/mol. The summed E-state index contributed by atoms with van der Waals surface area (Å²) in [5, 5.41) is 5.02. The van der Waals surface area contributed by atoms with Gasteiger partial charge >= 0.3 is 0 Å². The molecule has 0 bridgehead atoms. The highest BCUT2D eigenvalue weighted by atomic mass is 14.9. The Labute approximate surface area is 256 Å². The quantitative estimate of drug-likeness (QED) is 0.196. The highest BCUT2D eigenvalue weighted by Gasteiger charge is 2.13. The van der Waals surface area contributed by atoms with Gasteiger partial charge in [-0.1, -0.05) is 127 Å². The molecule has 0 amide bonds. The molecule has 0 saturated heterocycles. The fourth-order valence-corrected chi connectivity index (χ4v) is 5.94. The molecule has 3 heteroatoms. The van der Waals surface area contributed by atoms with Crippen LogP contribution in [0.2, 0.25) is 0 Å². The van der Waals surface area contributed by atoms with Crippen LogP contribution in [0.15, 0.2) is 164 Å². The van der Waals surface area contributed by atoms with Crippen LogP contribution >= 0.6 is 0 Å². The maximum Gasteiger partial charge on any atom is 0.160 e. The third kappa shape index (κ3) is 4.81. The van der Waals surface area contributed by atoms with Crippen molar-refractivity contribution >= 4 is 21.5 Å². The van der Waals surface area contributed by atoms with E-state index >= 15 is 0 Å². The lowest BCUT2D eigenvalue weighted by molar-refractivity contribution is 1.18. The summed E-state index contributed by atoms with van der Waals surface area (Å²) in [6.07, 6.45) is 3.63. The number of fused-ring (bicyclic) bond motifs is 3. The molecule has 0 atom stereocenters. The molecule has 0 spiro atoms. The van der Waals surface area contributed by atoms with Crippen molar-refractivity contribution < 1.29 is 0 Å². The van der Waals surface area contributed by atoms with Gasteiger partial charge in [-0.25, -0.2) is 9.97 Å². The van der Waals surface area contributed by atoms with Gasteiger partial charge in [-0.05, 0) is 68.1 Å². The van der Waals surface area contributed by atoms with E-state index < -0.39 is 0 Å². The van der Waals surface area contributed by atoms with Gasteiger partial charge in [-0.15, -0.1) is 0 Å². The highest BCUT2D eigenvalue weighted by molar-refractivity contribution is 6.13. The lowest BCUT2D eigenvalue weighted by atomic mass is 9.93. The van der Waals surface area contributed by atoms with Gasteiger partial charge < -0.3 is 0 Å². The maximum atomic E-state index is 5.06. The molecule has 6 aromatic carbocycles. The first-order valence-electron chi connectivity index (χ1n) is 14.8. The van der Waals surface area contributed by atoms with E-state index in [1.54, 1.807) is 6.20 Å². The second-order valence-corrected chi connectivity index (χ2v) is 10.9. The highest BCUT2D eigenvalue weighted by Crippen LogP contribution is 2.36. The molecule has 8 aromatic rings. The molecule has 8 rings (SSSR count). The van der Waals surface area contributed by atoms with Crippen LogP contribution in [0, 0.1) is 0 Å². The number of rotatable bonds is 5. The molecule has 0 radical (unpaired) electrons. The van der Waals surface area contributed by atoms with Gasteiger partial charge in [0, 0.05) is 29.1 Å². The minimum atomic E-state index is 0.684. The van der Waals surface area contributed by atoms with Crippen LogP contribution in [0.3, 0.4) is 0 Å². The molecule has 0 aliphatic heterocycles. The van der Waals surface area contributed by atoms with Crippen LogP contribution < -0.4 is 0 Å². The molecule has 3 nitrogen and oxygen atoms in total. The second-order valence-electron chi connectivity index (χ2n) is 10.9. The Morgan fingerprint density at radius 1 is 0.364 bits per heavy atom. The van der Waals surface area contributed by atoms with Gasteiger partial charge in [-0.3, -0.25) is 4.98 Å². The van der Waals surface area contributed by atoms with Gasteiger partial charge in [0.15, 0.2) is 5.82 Å². The predicted octanol–water partition coefficient (Wildman–Crippen LogP) is 10.5. The van der Waals surface area contributed by atoms with Crippen LogP contribution in [0.25, 0.3) is 77.7 Å². The van der Waals surface area contributed by atoms with Crippen molar-refractivity contribution in [1.82, 2.24) is 15.0 Å². The zero-order chi connectivity index (χ0) is 29.3. The fourth-order valence-electron chi connectivity index (χ4n) is 5.94. The molecule has 206 valence electrons. The van der Waals surface area contributed by atoms with Gasteiger partial charge in [0.2, 0.25) is 0 Å². The molecule has 0 aliphatic rings. The summed E-state index contributed by atoms with van der Waals surface area (Å²) < 4.78 is 0. The maximum absolute atomic E-state index is 5.06. The standard InChI is InChI=1S/C41H27N3/c1-2-9-28(10-3-1)29-16-20-31(21-17-29)39-26-40(34-12-8-24-42-27-34)44-41(43-39)32-22-18-30(19-23-32)38-25-33-11-4-5-13-35(33)36-14-6-7-15-37(36)38/h1-27H. The summed E-state index contributed by atoms with van der Waals surface area (Å²) in [5.41, 5.74) is 9.42. The minimum absolute atomic E-state index is 0.684. The summed E-state index contributed by atoms with van der Waals surface area (Å²) in [7, 11) is 0. The van der Waals surface area contributed by atoms with Crippen LogP contribution in [-0.2, 0) is 0 Å². The Hall–Kier alpha value is -5.93. The van der Waals surface area contributed by atoms with Crippen molar-refractivity contribution in [2.75, 3.05) is 0 Å². The first-order valence-corrected chi connectivity index (χ1v) is 14.8. The lowest BCUT2D eigenvalue weighted by Crippen LogP contribution is -1.96. The van der Waals surface area contributed by atoms with Crippen molar-refractivity contribution in [3.8, 4) is 56.2 Å². The van der Waals surface area contributed by atoms with Gasteiger partial charge in [0.05, 0.1) is 11.4 Å².